The predicted octanol–water partition coefficient (Wildman–Crippen LogP) is 3.25. The van der Waals surface area contributed by atoms with Crippen LogP contribution in [0.5, 0.6) is 0 Å². The fourth-order valence-electron chi connectivity index (χ4n) is 2.65. The maximum atomic E-state index is 12.3. The number of hydrogen-bond donors (Lipinski definition) is 3. The Kier molecular flexibility index (Phi) is 5.03. The first kappa shape index (κ1) is 17.0. The van der Waals surface area contributed by atoms with Crippen molar-refractivity contribution in [1.29, 1.82) is 0 Å². The monoisotopic (exact) mass is 337 g/mol. The Hall–Kier alpha value is -2.82. The van der Waals surface area contributed by atoms with Crippen molar-refractivity contribution in [2.24, 2.45) is 0 Å². The van der Waals surface area contributed by atoms with Crippen molar-refractivity contribution < 1.29 is 9.59 Å². The van der Waals surface area contributed by atoms with Gasteiger partial charge in [-0.25, -0.2) is 0 Å². The molecule has 5 nitrogen and oxygen atoms in total. The number of nitrogens with one attached hydrogen (secondary N) is 3. The van der Waals surface area contributed by atoms with Crippen molar-refractivity contribution in [2.45, 2.75) is 32.7 Å². The zero-order valence-electron chi connectivity index (χ0n) is 14.6. The van der Waals surface area contributed by atoms with Crippen LogP contribution in [0.3, 0.4) is 0 Å². The summed E-state index contributed by atoms with van der Waals surface area (Å²) in [4.78, 5) is 24.5. The number of benzene rings is 2. The van der Waals surface area contributed by atoms with Crippen LogP contribution in [-0.4, -0.2) is 24.4 Å². The third-order valence-electron chi connectivity index (χ3n) is 4.18. The van der Waals surface area contributed by atoms with E-state index in [1.807, 2.05) is 50.2 Å². The van der Waals surface area contributed by atoms with E-state index in [1.165, 1.54) is 0 Å². The van der Waals surface area contributed by atoms with Gasteiger partial charge in [-0.15, -0.1) is 0 Å². The van der Waals surface area contributed by atoms with Crippen LogP contribution >= 0.6 is 0 Å². The SMILES string of the molecule is Cc1ccc(NC(=O)CNc2ccccc2C(=O)NC2CC2)c(C)c1. The highest BCUT2D eigenvalue weighted by Gasteiger charge is 2.24. The molecule has 1 aliphatic rings. The van der Waals surface area contributed by atoms with Gasteiger partial charge in [-0.2, -0.15) is 0 Å². The molecule has 0 saturated heterocycles. The molecule has 0 atom stereocenters. The van der Waals surface area contributed by atoms with Crippen LogP contribution in [0.1, 0.15) is 34.3 Å². The topological polar surface area (TPSA) is 70.2 Å². The number of anilines is 2. The lowest BCUT2D eigenvalue weighted by Crippen LogP contribution is -2.27. The minimum Gasteiger partial charge on any atom is -0.376 e. The average Bonchev–Trinajstić information content (AvgIpc) is 3.40. The Bertz CT molecular complexity index is 797. The molecule has 5 heteroatoms. The molecule has 1 saturated carbocycles. The van der Waals surface area contributed by atoms with Crippen molar-refractivity contribution >= 4 is 23.2 Å². The van der Waals surface area contributed by atoms with Crippen molar-refractivity contribution in [3.05, 3.63) is 59.2 Å². The van der Waals surface area contributed by atoms with Crippen molar-refractivity contribution in [3.63, 3.8) is 0 Å². The van der Waals surface area contributed by atoms with Gasteiger partial charge in [-0.3, -0.25) is 9.59 Å². The molecule has 0 heterocycles. The Morgan fingerprint density at radius 1 is 1.04 bits per heavy atom. The molecule has 130 valence electrons. The van der Waals surface area contributed by atoms with E-state index in [-0.39, 0.29) is 18.4 Å². The smallest absolute Gasteiger partial charge is 0.253 e. The fourth-order valence-corrected chi connectivity index (χ4v) is 2.65. The Balaban J connectivity index is 1.61. The van der Waals surface area contributed by atoms with Gasteiger partial charge in [-0.05, 0) is 50.5 Å². The van der Waals surface area contributed by atoms with Crippen molar-refractivity contribution in [1.82, 2.24) is 5.32 Å². The number of amides is 2. The Morgan fingerprint density at radius 3 is 2.52 bits per heavy atom. The molecular weight excluding hydrogens is 314 g/mol. The molecule has 2 amide bonds. The normalized spacial score (nSPS) is 13.2. The zero-order valence-corrected chi connectivity index (χ0v) is 14.6. The summed E-state index contributed by atoms with van der Waals surface area (Å²) in [5.74, 6) is -0.246. The largest absolute Gasteiger partial charge is 0.376 e. The van der Waals surface area contributed by atoms with Crippen LogP contribution in [0, 0.1) is 13.8 Å². The molecule has 25 heavy (non-hydrogen) atoms. The standard InChI is InChI=1S/C20H23N3O2/c1-13-7-10-17(14(2)11-13)23-19(24)12-21-18-6-4-3-5-16(18)20(25)22-15-8-9-15/h3-7,10-11,15,21H,8-9,12H2,1-2H3,(H,22,25)(H,23,24). The molecule has 0 aliphatic heterocycles. The molecule has 0 spiro atoms. The van der Waals surface area contributed by atoms with Crippen molar-refractivity contribution in [3.8, 4) is 0 Å². The van der Waals surface area contributed by atoms with Gasteiger partial charge in [0, 0.05) is 17.4 Å². The van der Waals surface area contributed by atoms with E-state index >= 15 is 0 Å². The first-order valence-corrected chi connectivity index (χ1v) is 8.54. The summed E-state index contributed by atoms with van der Waals surface area (Å²) in [6.07, 6.45) is 2.08. The van der Waals surface area contributed by atoms with E-state index in [9.17, 15) is 9.59 Å². The van der Waals surface area contributed by atoms with Gasteiger partial charge in [0.2, 0.25) is 5.91 Å². The molecule has 2 aromatic carbocycles. The first-order valence-electron chi connectivity index (χ1n) is 8.54. The van der Waals surface area contributed by atoms with Crippen LogP contribution in [-0.2, 0) is 4.79 Å². The van der Waals surface area contributed by atoms with Gasteiger partial charge in [0.25, 0.3) is 5.91 Å². The molecule has 2 aromatic rings. The third kappa shape index (κ3) is 4.59. The van der Waals surface area contributed by atoms with Crippen LogP contribution in [0.4, 0.5) is 11.4 Å². The van der Waals surface area contributed by atoms with Crippen LogP contribution in [0.15, 0.2) is 42.5 Å². The summed E-state index contributed by atoms with van der Waals surface area (Å²) >= 11 is 0. The van der Waals surface area contributed by atoms with Crippen LogP contribution in [0.2, 0.25) is 0 Å². The van der Waals surface area contributed by atoms with E-state index in [0.717, 1.165) is 29.7 Å². The van der Waals surface area contributed by atoms with E-state index in [4.69, 9.17) is 0 Å². The maximum Gasteiger partial charge on any atom is 0.253 e. The lowest BCUT2D eigenvalue weighted by atomic mass is 10.1. The summed E-state index contributed by atoms with van der Waals surface area (Å²) < 4.78 is 0. The maximum absolute atomic E-state index is 12.3. The highest BCUT2D eigenvalue weighted by atomic mass is 16.2. The molecule has 1 fully saturated rings. The molecule has 3 N–H and O–H groups in total. The van der Waals surface area contributed by atoms with Crippen LogP contribution < -0.4 is 16.0 Å². The number of para-hydroxylation sites is 1. The number of aryl methyl sites for hydroxylation is 2. The summed E-state index contributed by atoms with van der Waals surface area (Å²) in [7, 11) is 0. The van der Waals surface area contributed by atoms with Crippen molar-refractivity contribution in [2.75, 3.05) is 17.2 Å². The minimum atomic E-state index is -0.149. The minimum absolute atomic E-state index is 0.0969. The van der Waals surface area contributed by atoms with Crippen LogP contribution in [0.25, 0.3) is 0 Å². The summed E-state index contributed by atoms with van der Waals surface area (Å²) in [5, 5.41) is 8.93. The summed E-state index contributed by atoms with van der Waals surface area (Å²) in [6, 6.07) is 13.4. The molecular formula is C20H23N3O2. The van der Waals surface area contributed by atoms with Gasteiger partial charge >= 0.3 is 0 Å². The van der Waals surface area contributed by atoms with Gasteiger partial charge in [0.15, 0.2) is 0 Å². The number of carbonyl (C=O) groups is 2. The second kappa shape index (κ2) is 7.38. The predicted molar refractivity (Wildman–Crippen MR) is 100.0 cm³/mol. The number of rotatable bonds is 6. The van der Waals surface area contributed by atoms with Gasteiger partial charge in [0.05, 0.1) is 12.1 Å². The first-order chi connectivity index (χ1) is 12.0. The lowest BCUT2D eigenvalue weighted by molar-refractivity contribution is -0.114. The third-order valence-corrected chi connectivity index (χ3v) is 4.18. The lowest BCUT2D eigenvalue weighted by Gasteiger charge is -2.13. The fraction of sp³-hybridized carbons (Fsp3) is 0.300. The second-order valence-corrected chi connectivity index (χ2v) is 6.51. The average molecular weight is 337 g/mol. The quantitative estimate of drug-likeness (QED) is 0.758. The second-order valence-electron chi connectivity index (χ2n) is 6.51. The van der Waals surface area contributed by atoms with Gasteiger partial charge < -0.3 is 16.0 Å². The highest BCUT2D eigenvalue weighted by molar-refractivity contribution is 6.01. The summed E-state index contributed by atoms with van der Waals surface area (Å²) in [5.41, 5.74) is 4.21. The zero-order chi connectivity index (χ0) is 17.8. The van der Waals surface area contributed by atoms with E-state index < -0.39 is 0 Å². The van der Waals surface area contributed by atoms with E-state index in [2.05, 4.69) is 16.0 Å². The summed E-state index contributed by atoms with van der Waals surface area (Å²) in [6.45, 7) is 4.08. The molecule has 0 radical (unpaired) electrons. The number of hydrogen-bond acceptors (Lipinski definition) is 3. The molecule has 0 unspecified atom stereocenters. The molecule has 0 aromatic heterocycles. The van der Waals surface area contributed by atoms with Gasteiger partial charge in [-0.1, -0.05) is 29.8 Å². The Morgan fingerprint density at radius 2 is 1.80 bits per heavy atom. The molecule has 0 bridgehead atoms. The molecule has 3 rings (SSSR count). The highest BCUT2D eigenvalue weighted by Crippen LogP contribution is 2.21. The molecule has 1 aliphatic carbocycles. The van der Waals surface area contributed by atoms with E-state index in [0.29, 0.717) is 17.3 Å². The van der Waals surface area contributed by atoms with E-state index in [1.54, 1.807) is 6.07 Å². The Labute approximate surface area is 147 Å². The number of carbonyl (C=O) groups excluding carboxylic acids is 2. The van der Waals surface area contributed by atoms with Gasteiger partial charge in [0.1, 0.15) is 0 Å².